The normalized spacial score (nSPS) is 27.6. The number of hydrogen-bond donors (Lipinski definition) is 2. The highest BCUT2D eigenvalue weighted by molar-refractivity contribution is 5.75. The largest absolute Gasteiger partial charge is 0.481 e. The van der Waals surface area contributed by atoms with Crippen LogP contribution in [0.4, 0.5) is 4.79 Å². The number of carboxylic acids is 1. The van der Waals surface area contributed by atoms with E-state index in [4.69, 9.17) is 9.84 Å². The van der Waals surface area contributed by atoms with Crippen molar-refractivity contribution in [3.63, 3.8) is 0 Å². The van der Waals surface area contributed by atoms with Crippen LogP contribution in [0.2, 0.25) is 0 Å². The van der Waals surface area contributed by atoms with E-state index in [1.165, 1.54) is 0 Å². The van der Waals surface area contributed by atoms with E-state index in [9.17, 15) is 9.59 Å². The Morgan fingerprint density at radius 1 is 1.41 bits per heavy atom. The molecule has 17 heavy (non-hydrogen) atoms. The summed E-state index contributed by atoms with van der Waals surface area (Å²) < 4.78 is 5.61. The Morgan fingerprint density at radius 2 is 2.24 bits per heavy atom. The van der Waals surface area contributed by atoms with Crippen LogP contribution in [0.1, 0.15) is 25.7 Å². The zero-order chi connectivity index (χ0) is 12.3. The number of nitrogens with zero attached hydrogens (tertiary/aromatic N) is 1. The number of hydrogen-bond acceptors (Lipinski definition) is 3. The lowest BCUT2D eigenvalue weighted by atomic mass is 10.1. The standard InChI is InChI=1S/C11H18N2O4/c14-10(15)4-5-12-11(16)13-6-7-17-9-3-1-2-8(9)13/h8-9H,1-7H2,(H,12,16)(H,14,15)/t8-,9+/m1/s1. The van der Waals surface area contributed by atoms with Gasteiger partial charge in [-0.25, -0.2) is 4.79 Å². The van der Waals surface area contributed by atoms with Gasteiger partial charge < -0.3 is 20.1 Å². The van der Waals surface area contributed by atoms with Crippen molar-refractivity contribution in [3.05, 3.63) is 0 Å². The van der Waals surface area contributed by atoms with Gasteiger partial charge >= 0.3 is 12.0 Å². The minimum absolute atomic E-state index is 0.0375. The Bertz CT molecular complexity index is 308. The van der Waals surface area contributed by atoms with Crippen molar-refractivity contribution in [1.82, 2.24) is 10.2 Å². The third kappa shape index (κ3) is 2.88. The van der Waals surface area contributed by atoms with E-state index >= 15 is 0 Å². The van der Waals surface area contributed by atoms with E-state index in [1.807, 2.05) is 0 Å². The predicted molar refractivity (Wildman–Crippen MR) is 59.7 cm³/mol. The molecule has 2 amide bonds. The molecular weight excluding hydrogens is 224 g/mol. The van der Waals surface area contributed by atoms with Crippen LogP contribution >= 0.6 is 0 Å². The van der Waals surface area contributed by atoms with Crippen molar-refractivity contribution < 1.29 is 19.4 Å². The zero-order valence-electron chi connectivity index (χ0n) is 9.72. The Kier molecular flexibility index (Phi) is 3.83. The molecule has 0 spiro atoms. The van der Waals surface area contributed by atoms with Gasteiger partial charge in [-0.15, -0.1) is 0 Å². The van der Waals surface area contributed by atoms with Crippen molar-refractivity contribution in [2.45, 2.75) is 37.8 Å². The number of rotatable bonds is 3. The van der Waals surface area contributed by atoms with Gasteiger partial charge in [0.05, 0.1) is 25.2 Å². The predicted octanol–water partition coefficient (Wildman–Crippen LogP) is 0.424. The zero-order valence-corrected chi connectivity index (χ0v) is 9.72. The van der Waals surface area contributed by atoms with Crippen LogP contribution in [0.25, 0.3) is 0 Å². The number of carbonyl (C=O) groups excluding carboxylic acids is 1. The fraction of sp³-hybridized carbons (Fsp3) is 0.818. The van der Waals surface area contributed by atoms with E-state index in [0.29, 0.717) is 13.2 Å². The second kappa shape index (κ2) is 5.35. The molecule has 0 aromatic carbocycles. The monoisotopic (exact) mass is 242 g/mol. The molecule has 1 aliphatic carbocycles. The molecule has 0 unspecified atom stereocenters. The van der Waals surface area contributed by atoms with E-state index in [1.54, 1.807) is 4.90 Å². The first-order chi connectivity index (χ1) is 8.18. The van der Waals surface area contributed by atoms with E-state index < -0.39 is 5.97 Å². The number of morpholine rings is 1. The third-order valence-corrected chi connectivity index (χ3v) is 3.36. The highest BCUT2D eigenvalue weighted by Crippen LogP contribution is 2.29. The highest BCUT2D eigenvalue weighted by Gasteiger charge is 2.38. The molecule has 2 atom stereocenters. The number of fused-ring (bicyclic) bond motifs is 1. The summed E-state index contributed by atoms with van der Waals surface area (Å²) in [7, 11) is 0. The molecule has 0 aromatic rings. The Labute approximate surface area is 99.9 Å². The summed E-state index contributed by atoms with van der Waals surface area (Å²) >= 11 is 0. The van der Waals surface area contributed by atoms with E-state index in [-0.39, 0.29) is 31.1 Å². The van der Waals surface area contributed by atoms with Crippen molar-refractivity contribution >= 4 is 12.0 Å². The van der Waals surface area contributed by atoms with Crippen LogP contribution in [-0.2, 0) is 9.53 Å². The quantitative estimate of drug-likeness (QED) is 0.752. The van der Waals surface area contributed by atoms with Crippen molar-refractivity contribution in [2.75, 3.05) is 19.7 Å². The summed E-state index contributed by atoms with van der Waals surface area (Å²) in [5, 5.41) is 11.1. The summed E-state index contributed by atoms with van der Waals surface area (Å²) in [6, 6.07) is 0.0139. The van der Waals surface area contributed by atoms with Crippen LogP contribution in [0.5, 0.6) is 0 Å². The molecular formula is C11H18N2O4. The maximum Gasteiger partial charge on any atom is 0.317 e. The Hall–Kier alpha value is -1.30. The van der Waals surface area contributed by atoms with Gasteiger partial charge in [0.1, 0.15) is 0 Å². The van der Waals surface area contributed by atoms with Crippen molar-refractivity contribution in [1.29, 1.82) is 0 Å². The van der Waals surface area contributed by atoms with Crippen molar-refractivity contribution in [2.24, 2.45) is 0 Å². The molecule has 2 aliphatic rings. The average molecular weight is 242 g/mol. The van der Waals surface area contributed by atoms with E-state index in [2.05, 4.69) is 5.32 Å². The van der Waals surface area contributed by atoms with Gasteiger partial charge in [-0.3, -0.25) is 4.79 Å². The second-order valence-electron chi connectivity index (χ2n) is 4.48. The van der Waals surface area contributed by atoms with Crippen LogP contribution in [0.15, 0.2) is 0 Å². The smallest absolute Gasteiger partial charge is 0.317 e. The minimum Gasteiger partial charge on any atom is -0.481 e. The average Bonchev–Trinajstić information content (AvgIpc) is 2.75. The van der Waals surface area contributed by atoms with Crippen molar-refractivity contribution in [3.8, 4) is 0 Å². The van der Waals surface area contributed by atoms with Gasteiger partial charge in [-0.1, -0.05) is 0 Å². The number of urea groups is 1. The maximum atomic E-state index is 11.9. The molecule has 1 saturated heterocycles. The first-order valence-corrected chi connectivity index (χ1v) is 6.06. The van der Waals surface area contributed by atoms with Crippen LogP contribution in [0.3, 0.4) is 0 Å². The first kappa shape index (κ1) is 12.2. The summed E-state index contributed by atoms with van der Waals surface area (Å²) in [6.07, 6.45) is 3.23. The molecule has 2 fully saturated rings. The first-order valence-electron chi connectivity index (χ1n) is 6.06. The summed E-state index contributed by atoms with van der Waals surface area (Å²) in [6.45, 7) is 1.36. The number of nitrogens with one attached hydrogen (secondary N) is 1. The molecule has 1 saturated carbocycles. The molecule has 0 aromatic heterocycles. The van der Waals surface area contributed by atoms with Crippen LogP contribution in [0, 0.1) is 0 Å². The number of aliphatic carboxylic acids is 1. The Morgan fingerprint density at radius 3 is 3.00 bits per heavy atom. The highest BCUT2D eigenvalue weighted by atomic mass is 16.5. The lowest BCUT2D eigenvalue weighted by molar-refractivity contribution is -0.136. The topological polar surface area (TPSA) is 78.9 Å². The molecule has 6 heteroatoms. The number of amides is 2. The SMILES string of the molecule is O=C(O)CCNC(=O)N1CCO[C@H]2CCC[C@H]21. The van der Waals surface area contributed by atoms with Gasteiger partial charge in [0.25, 0.3) is 0 Å². The fourth-order valence-electron chi connectivity index (χ4n) is 2.56. The van der Waals surface area contributed by atoms with Gasteiger partial charge in [0, 0.05) is 13.1 Å². The maximum absolute atomic E-state index is 11.9. The lowest BCUT2D eigenvalue weighted by Crippen LogP contribution is -2.54. The van der Waals surface area contributed by atoms with Crippen LogP contribution < -0.4 is 5.32 Å². The summed E-state index contributed by atoms with van der Waals surface area (Å²) in [5.41, 5.74) is 0. The summed E-state index contributed by atoms with van der Waals surface area (Å²) in [4.78, 5) is 24.0. The van der Waals surface area contributed by atoms with Gasteiger partial charge in [-0.05, 0) is 19.3 Å². The molecule has 1 aliphatic heterocycles. The third-order valence-electron chi connectivity index (χ3n) is 3.36. The molecule has 0 radical (unpaired) electrons. The number of carbonyl (C=O) groups is 2. The van der Waals surface area contributed by atoms with Crippen LogP contribution in [-0.4, -0.2) is 53.8 Å². The molecule has 2 N–H and O–H groups in total. The molecule has 6 nitrogen and oxygen atoms in total. The fourth-order valence-corrected chi connectivity index (χ4v) is 2.56. The molecule has 2 rings (SSSR count). The Balaban J connectivity index is 1.83. The van der Waals surface area contributed by atoms with Gasteiger partial charge in [-0.2, -0.15) is 0 Å². The molecule has 0 bridgehead atoms. The lowest BCUT2D eigenvalue weighted by Gasteiger charge is -2.37. The van der Waals surface area contributed by atoms with Gasteiger partial charge in [0.15, 0.2) is 0 Å². The van der Waals surface area contributed by atoms with Gasteiger partial charge in [0.2, 0.25) is 0 Å². The second-order valence-corrected chi connectivity index (χ2v) is 4.48. The minimum atomic E-state index is -0.897. The summed E-state index contributed by atoms with van der Waals surface area (Å²) in [5.74, 6) is -0.897. The number of ether oxygens (including phenoxy) is 1. The number of carboxylic acid groups (broad SMARTS) is 1. The molecule has 1 heterocycles. The molecule has 96 valence electrons. The van der Waals surface area contributed by atoms with E-state index in [0.717, 1.165) is 19.3 Å².